The summed E-state index contributed by atoms with van der Waals surface area (Å²) in [6.07, 6.45) is 1.57. The lowest BCUT2D eigenvalue weighted by Gasteiger charge is -2.27. The molecular formula is C24H29N3O4. The zero-order valence-electron chi connectivity index (χ0n) is 18.0. The van der Waals surface area contributed by atoms with Crippen molar-refractivity contribution in [3.05, 3.63) is 59.7 Å². The number of benzene rings is 2. The van der Waals surface area contributed by atoms with E-state index < -0.39 is 0 Å². The van der Waals surface area contributed by atoms with Crippen molar-refractivity contribution in [1.82, 2.24) is 4.90 Å². The first-order chi connectivity index (χ1) is 15.0. The number of ether oxygens (including phenoxy) is 1. The molecular weight excluding hydrogens is 394 g/mol. The number of carbonyl (C=O) groups excluding carboxylic acids is 3. The minimum atomic E-state index is -0.319. The summed E-state index contributed by atoms with van der Waals surface area (Å²) < 4.78 is 5.31. The fraction of sp³-hybridized carbons (Fsp3) is 0.375. The minimum Gasteiger partial charge on any atom is -0.378 e. The molecule has 2 aromatic carbocycles. The molecule has 2 aromatic rings. The van der Waals surface area contributed by atoms with Gasteiger partial charge in [-0.05, 0) is 49.2 Å². The van der Waals surface area contributed by atoms with Crippen molar-refractivity contribution in [2.75, 3.05) is 36.9 Å². The number of rotatable bonds is 7. The molecule has 0 radical (unpaired) electrons. The van der Waals surface area contributed by atoms with Gasteiger partial charge in [0.05, 0.1) is 24.5 Å². The van der Waals surface area contributed by atoms with Gasteiger partial charge in [-0.2, -0.15) is 0 Å². The van der Waals surface area contributed by atoms with Crippen molar-refractivity contribution in [1.29, 1.82) is 0 Å². The minimum absolute atomic E-state index is 0.0160. The molecule has 7 nitrogen and oxygen atoms in total. The van der Waals surface area contributed by atoms with Gasteiger partial charge in [-0.1, -0.05) is 26.0 Å². The molecule has 0 spiro atoms. The third-order valence-electron chi connectivity index (χ3n) is 5.47. The first-order valence-electron chi connectivity index (χ1n) is 10.7. The van der Waals surface area contributed by atoms with Crippen molar-refractivity contribution in [2.45, 2.75) is 26.7 Å². The van der Waals surface area contributed by atoms with Gasteiger partial charge in [0.25, 0.3) is 11.8 Å². The number of nitrogens with one attached hydrogen (secondary N) is 2. The van der Waals surface area contributed by atoms with E-state index in [1.165, 1.54) is 0 Å². The second kappa shape index (κ2) is 10.7. The molecule has 0 bridgehead atoms. The van der Waals surface area contributed by atoms with Gasteiger partial charge in [-0.25, -0.2) is 0 Å². The van der Waals surface area contributed by atoms with Crippen molar-refractivity contribution in [3.8, 4) is 0 Å². The van der Waals surface area contributed by atoms with Crippen molar-refractivity contribution >= 4 is 29.1 Å². The molecule has 7 heteroatoms. The van der Waals surface area contributed by atoms with Crippen LogP contribution in [0, 0.1) is 5.92 Å². The average Bonchev–Trinajstić information content (AvgIpc) is 2.81. The second-order valence-corrected chi connectivity index (χ2v) is 7.48. The topological polar surface area (TPSA) is 87.7 Å². The number of morpholine rings is 1. The predicted molar refractivity (Wildman–Crippen MR) is 120 cm³/mol. The lowest BCUT2D eigenvalue weighted by Crippen LogP contribution is -2.41. The molecule has 31 heavy (non-hydrogen) atoms. The van der Waals surface area contributed by atoms with Crippen LogP contribution in [-0.4, -0.2) is 48.9 Å². The molecule has 1 heterocycles. The number of nitrogens with zero attached hydrogens (tertiary/aromatic N) is 1. The molecule has 0 saturated carbocycles. The summed E-state index contributed by atoms with van der Waals surface area (Å²) in [5, 5.41) is 5.73. The summed E-state index contributed by atoms with van der Waals surface area (Å²) in [5.41, 5.74) is 2.01. The predicted octanol–water partition coefficient (Wildman–Crippen LogP) is 3.79. The smallest absolute Gasteiger partial charge is 0.256 e. The van der Waals surface area contributed by atoms with Gasteiger partial charge in [-0.15, -0.1) is 0 Å². The molecule has 1 aliphatic heterocycles. The Labute approximate surface area is 182 Å². The second-order valence-electron chi connectivity index (χ2n) is 7.48. The fourth-order valence-electron chi connectivity index (χ4n) is 3.52. The lowest BCUT2D eigenvalue weighted by molar-refractivity contribution is -0.120. The molecule has 1 saturated heterocycles. The van der Waals surface area contributed by atoms with E-state index >= 15 is 0 Å². The average molecular weight is 424 g/mol. The van der Waals surface area contributed by atoms with Crippen LogP contribution in [0.15, 0.2) is 48.5 Å². The lowest BCUT2D eigenvalue weighted by atomic mass is 10.0. The highest BCUT2D eigenvalue weighted by Crippen LogP contribution is 2.20. The molecule has 0 aromatic heterocycles. The van der Waals surface area contributed by atoms with E-state index in [0.717, 1.165) is 12.8 Å². The number of carbonyl (C=O) groups is 3. The van der Waals surface area contributed by atoms with Crippen LogP contribution in [-0.2, 0) is 9.53 Å². The first kappa shape index (κ1) is 22.5. The zero-order valence-corrected chi connectivity index (χ0v) is 18.0. The molecule has 0 unspecified atom stereocenters. The van der Waals surface area contributed by atoms with Gasteiger partial charge < -0.3 is 20.3 Å². The van der Waals surface area contributed by atoms with E-state index in [1.807, 2.05) is 13.8 Å². The summed E-state index contributed by atoms with van der Waals surface area (Å²) in [6.45, 7) is 6.07. The Balaban J connectivity index is 1.68. The van der Waals surface area contributed by atoms with Crippen LogP contribution >= 0.6 is 0 Å². The summed E-state index contributed by atoms with van der Waals surface area (Å²) in [4.78, 5) is 39.6. The largest absolute Gasteiger partial charge is 0.378 e. The third kappa shape index (κ3) is 5.70. The molecule has 2 N–H and O–H groups in total. The van der Waals surface area contributed by atoms with E-state index in [9.17, 15) is 14.4 Å². The van der Waals surface area contributed by atoms with Gasteiger partial charge in [0.15, 0.2) is 0 Å². The van der Waals surface area contributed by atoms with Crippen LogP contribution < -0.4 is 10.6 Å². The Bertz CT molecular complexity index is 917. The highest BCUT2D eigenvalue weighted by atomic mass is 16.5. The summed E-state index contributed by atoms with van der Waals surface area (Å²) in [7, 11) is 0. The maximum atomic E-state index is 12.9. The third-order valence-corrected chi connectivity index (χ3v) is 5.47. The van der Waals surface area contributed by atoms with Crippen LogP contribution in [0.3, 0.4) is 0 Å². The molecule has 3 rings (SSSR count). The normalized spacial score (nSPS) is 13.7. The molecule has 3 amide bonds. The summed E-state index contributed by atoms with van der Waals surface area (Å²) in [5.74, 6) is -0.486. The van der Waals surface area contributed by atoms with Gasteiger partial charge in [-0.3, -0.25) is 14.4 Å². The Kier molecular flexibility index (Phi) is 7.78. The van der Waals surface area contributed by atoms with Crippen LogP contribution in [0.25, 0.3) is 0 Å². The van der Waals surface area contributed by atoms with Gasteiger partial charge >= 0.3 is 0 Å². The van der Waals surface area contributed by atoms with E-state index in [2.05, 4.69) is 10.6 Å². The Morgan fingerprint density at radius 3 is 2.23 bits per heavy atom. The van der Waals surface area contributed by atoms with Gasteiger partial charge in [0, 0.05) is 30.3 Å². The van der Waals surface area contributed by atoms with Crippen LogP contribution in [0.5, 0.6) is 0 Å². The maximum Gasteiger partial charge on any atom is 0.256 e. The quantitative estimate of drug-likeness (QED) is 0.709. The summed E-state index contributed by atoms with van der Waals surface area (Å²) >= 11 is 0. The SMILES string of the molecule is CCC(CC)C(=O)Nc1ccc(C(=O)Nc2ccccc2C(=O)N2CCOCC2)cc1. The standard InChI is InChI=1S/C24H29N3O4/c1-3-17(4-2)22(28)25-19-11-9-18(10-12-19)23(29)26-21-8-6-5-7-20(21)24(30)27-13-15-31-16-14-27/h5-12,17H,3-4,13-16H2,1-2H3,(H,25,28)(H,26,29). The van der Waals surface area contributed by atoms with E-state index in [1.54, 1.807) is 53.4 Å². The monoisotopic (exact) mass is 423 g/mol. The number of amides is 3. The molecule has 0 aliphatic carbocycles. The highest BCUT2D eigenvalue weighted by molar-refractivity contribution is 6.09. The molecule has 164 valence electrons. The van der Waals surface area contributed by atoms with Crippen molar-refractivity contribution < 1.29 is 19.1 Å². The molecule has 0 atom stereocenters. The Morgan fingerprint density at radius 2 is 1.58 bits per heavy atom. The Morgan fingerprint density at radius 1 is 0.935 bits per heavy atom. The van der Waals surface area contributed by atoms with E-state index in [0.29, 0.717) is 48.8 Å². The Hall–Kier alpha value is -3.19. The van der Waals surface area contributed by atoms with E-state index in [4.69, 9.17) is 4.74 Å². The molecule has 1 aliphatic rings. The fourth-order valence-corrected chi connectivity index (χ4v) is 3.52. The number of para-hydroxylation sites is 1. The van der Waals surface area contributed by atoms with Crippen molar-refractivity contribution in [2.24, 2.45) is 5.92 Å². The first-order valence-corrected chi connectivity index (χ1v) is 10.7. The number of anilines is 2. The number of hydrogen-bond donors (Lipinski definition) is 2. The van der Waals surface area contributed by atoms with Crippen LogP contribution in [0.2, 0.25) is 0 Å². The van der Waals surface area contributed by atoms with E-state index in [-0.39, 0.29) is 23.6 Å². The van der Waals surface area contributed by atoms with Gasteiger partial charge in [0.2, 0.25) is 5.91 Å². The number of hydrogen-bond acceptors (Lipinski definition) is 4. The van der Waals surface area contributed by atoms with Crippen LogP contribution in [0.1, 0.15) is 47.4 Å². The van der Waals surface area contributed by atoms with Crippen LogP contribution in [0.4, 0.5) is 11.4 Å². The highest BCUT2D eigenvalue weighted by Gasteiger charge is 2.22. The molecule has 1 fully saturated rings. The summed E-state index contributed by atoms with van der Waals surface area (Å²) in [6, 6.07) is 13.7. The maximum absolute atomic E-state index is 12.9. The van der Waals surface area contributed by atoms with Gasteiger partial charge in [0.1, 0.15) is 0 Å². The van der Waals surface area contributed by atoms with Crippen molar-refractivity contribution in [3.63, 3.8) is 0 Å². The zero-order chi connectivity index (χ0) is 22.2.